The van der Waals surface area contributed by atoms with Gasteiger partial charge in [-0.2, -0.15) is 0 Å². The average Bonchev–Trinajstić information content (AvgIpc) is 2.68. The van der Waals surface area contributed by atoms with Crippen LogP contribution in [0.25, 0.3) is 0 Å². The van der Waals surface area contributed by atoms with E-state index in [-0.39, 0.29) is 10.5 Å². The smallest absolute Gasteiger partial charge is 0.262 e. The van der Waals surface area contributed by atoms with E-state index in [0.717, 1.165) is 6.07 Å². The molecule has 0 aliphatic rings. The fraction of sp³-hybridized carbons (Fsp3) is 0. The van der Waals surface area contributed by atoms with Gasteiger partial charge in [-0.25, -0.2) is 17.2 Å². The number of halogens is 3. The molecule has 0 aromatic heterocycles. The lowest BCUT2D eigenvalue weighted by molar-refractivity contribution is 0.582. The van der Waals surface area contributed by atoms with Crippen molar-refractivity contribution in [3.63, 3.8) is 0 Å². The SMILES string of the molecule is O=S(=O)(Nc1c(F)cc(C#Cc2ccccc2)c(Cl)c1F)c1ccccc1. The van der Waals surface area contributed by atoms with Crippen LogP contribution in [-0.4, -0.2) is 8.42 Å². The van der Waals surface area contributed by atoms with Crippen molar-refractivity contribution in [2.45, 2.75) is 4.90 Å². The molecule has 7 heteroatoms. The van der Waals surface area contributed by atoms with Gasteiger partial charge in [0.25, 0.3) is 10.0 Å². The Morgan fingerprint density at radius 1 is 0.889 bits per heavy atom. The zero-order chi connectivity index (χ0) is 19.4. The van der Waals surface area contributed by atoms with Crippen molar-refractivity contribution in [3.8, 4) is 11.8 Å². The van der Waals surface area contributed by atoms with Gasteiger partial charge in [0.1, 0.15) is 5.69 Å². The van der Waals surface area contributed by atoms with E-state index < -0.39 is 32.4 Å². The van der Waals surface area contributed by atoms with Crippen LogP contribution < -0.4 is 4.72 Å². The highest BCUT2D eigenvalue weighted by Crippen LogP contribution is 2.30. The molecule has 0 amide bonds. The molecule has 27 heavy (non-hydrogen) atoms. The number of nitrogens with one attached hydrogen (secondary N) is 1. The highest BCUT2D eigenvalue weighted by atomic mass is 35.5. The van der Waals surface area contributed by atoms with E-state index in [2.05, 4.69) is 11.8 Å². The van der Waals surface area contributed by atoms with Crippen molar-refractivity contribution in [3.05, 3.63) is 94.5 Å². The average molecular weight is 404 g/mol. The third-order valence-electron chi connectivity index (χ3n) is 3.56. The molecular weight excluding hydrogens is 392 g/mol. The summed E-state index contributed by atoms with van der Waals surface area (Å²) in [5, 5.41) is -0.467. The Hall–Kier alpha value is -2.88. The Morgan fingerprint density at radius 3 is 2.11 bits per heavy atom. The Kier molecular flexibility index (Phi) is 5.45. The van der Waals surface area contributed by atoms with Gasteiger partial charge in [0.05, 0.1) is 9.92 Å². The van der Waals surface area contributed by atoms with Gasteiger partial charge < -0.3 is 0 Å². The van der Waals surface area contributed by atoms with Crippen LogP contribution in [0.3, 0.4) is 0 Å². The molecule has 0 saturated heterocycles. The van der Waals surface area contributed by atoms with Gasteiger partial charge in [-0.1, -0.05) is 59.8 Å². The van der Waals surface area contributed by atoms with E-state index in [9.17, 15) is 17.2 Å². The van der Waals surface area contributed by atoms with Gasteiger partial charge in [0.15, 0.2) is 11.6 Å². The van der Waals surface area contributed by atoms with Crippen LogP contribution in [0.5, 0.6) is 0 Å². The van der Waals surface area contributed by atoms with E-state index in [1.54, 1.807) is 30.3 Å². The van der Waals surface area contributed by atoms with E-state index in [1.165, 1.54) is 24.3 Å². The highest BCUT2D eigenvalue weighted by Gasteiger charge is 2.22. The van der Waals surface area contributed by atoms with Crippen molar-refractivity contribution in [2.24, 2.45) is 0 Å². The van der Waals surface area contributed by atoms with Gasteiger partial charge in [-0.15, -0.1) is 0 Å². The van der Waals surface area contributed by atoms with Crippen LogP contribution in [0.2, 0.25) is 5.02 Å². The molecule has 0 spiro atoms. The van der Waals surface area contributed by atoms with Crippen LogP contribution in [-0.2, 0) is 10.0 Å². The normalized spacial score (nSPS) is 10.8. The van der Waals surface area contributed by atoms with Crippen LogP contribution in [0.4, 0.5) is 14.5 Å². The summed E-state index contributed by atoms with van der Waals surface area (Å²) in [5.74, 6) is 2.99. The molecule has 3 aromatic rings. The molecule has 0 saturated carbocycles. The van der Waals surface area contributed by atoms with Crippen LogP contribution >= 0.6 is 11.6 Å². The van der Waals surface area contributed by atoms with E-state index in [0.29, 0.717) is 5.56 Å². The topological polar surface area (TPSA) is 46.2 Å². The summed E-state index contributed by atoms with van der Waals surface area (Å²) in [6.07, 6.45) is 0. The van der Waals surface area contributed by atoms with E-state index in [4.69, 9.17) is 11.6 Å². The van der Waals surface area contributed by atoms with Gasteiger partial charge in [-0.3, -0.25) is 4.72 Å². The fourth-order valence-electron chi connectivity index (χ4n) is 2.23. The minimum atomic E-state index is -4.17. The molecule has 0 fully saturated rings. The van der Waals surface area contributed by atoms with Crippen molar-refractivity contribution >= 4 is 27.3 Å². The summed E-state index contributed by atoms with van der Waals surface area (Å²) in [4.78, 5) is -0.132. The second-order valence-electron chi connectivity index (χ2n) is 5.44. The third-order valence-corrected chi connectivity index (χ3v) is 5.30. The molecule has 0 unspecified atom stereocenters. The first kappa shape index (κ1) is 18.9. The van der Waals surface area contributed by atoms with Crippen molar-refractivity contribution in [1.82, 2.24) is 0 Å². The zero-order valence-corrected chi connectivity index (χ0v) is 15.3. The largest absolute Gasteiger partial charge is 0.274 e. The quantitative estimate of drug-likeness (QED) is 0.503. The molecule has 0 radical (unpaired) electrons. The first-order valence-corrected chi connectivity index (χ1v) is 9.57. The van der Waals surface area contributed by atoms with E-state index >= 15 is 0 Å². The van der Waals surface area contributed by atoms with Crippen molar-refractivity contribution in [1.29, 1.82) is 0 Å². The van der Waals surface area contributed by atoms with Gasteiger partial charge in [-0.05, 0) is 30.3 Å². The van der Waals surface area contributed by atoms with Gasteiger partial charge >= 0.3 is 0 Å². The number of sulfonamides is 1. The third kappa shape index (κ3) is 4.27. The molecule has 1 N–H and O–H groups in total. The summed E-state index contributed by atoms with van der Waals surface area (Å²) in [5.41, 5.74) is -0.296. The number of hydrogen-bond acceptors (Lipinski definition) is 2. The molecule has 0 atom stereocenters. The standard InChI is InChI=1S/C20H12ClF2NO2S/c21-18-15(12-11-14-7-3-1-4-8-14)13-17(22)20(19(18)23)24-27(25,26)16-9-5-2-6-10-16/h1-10,13,24H. The van der Waals surface area contributed by atoms with Crippen molar-refractivity contribution in [2.75, 3.05) is 4.72 Å². The maximum Gasteiger partial charge on any atom is 0.262 e. The predicted molar refractivity (Wildman–Crippen MR) is 101 cm³/mol. The van der Waals surface area contributed by atoms with Crippen LogP contribution in [0.1, 0.15) is 11.1 Å². The molecule has 3 aromatic carbocycles. The molecule has 3 nitrogen and oxygen atoms in total. The van der Waals surface area contributed by atoms with Crippen LogP contribution in [0.15, 0.2) is 71.6 Å². The Morgan fingerprint density at radius 2 is 1.48 bits per heavy atom. The molecule has 136 valence electrons. The monoisotopic (exact) mass is 403 g/mol. The first-order valence-electron chi connectivity index (χ1n) is 7.71. The van der Waals surface area contributed by atoms with Gasteiger partial charge in [0.2, 0.25) is 0 Å². The maximum atomic E-state index is 14.5. The summed E-state index contributed by atoms with van der Waals surface area (Å²) >= 11 is 5.93. The fourth-order valence-corrected chi connectivity index (χ4v) is 3.52. The van der Waals surface area contributed by atoms with E-state index in [1.807, 2.05) is 10.8 Å². The molecule has 0 bridgehead atoms. The minimum Gasteiger partial charge on any atom is -0.274 e. The summed E-state index contributed by atoms with van der Waals surface area (Å²) in [6.45, 7) is 0. The highest BCUT2D eigenvalue weighted by molar-refractivity contribution is 7.92. The molecular formula is C20H12ClF2NO2S. The maximum absolute atomic E-state index is 14.5. The Labute approximate surface area is 160 Å². The van der Waals surface area contributed by atoms with Gasteiger partial charge in [0, 0.05) is 11.1 Å². The zero-order valence-electron chi connectivity index (χ0n) is 13.7. The number of anilines is 1. The van der Waals surface area contributed by atoms with Crippen molar-refractivity contribution < 1.29 is 17.2 Å². The summed E-state index contributed by atoms with van der Waals surface area (Å²) < 4.78 is 55.4. The Balaban J connectivity index is 1.98. The first-order chi connectivity index (χ1) is 12.9. The predicted octanol–water partition coefficient (Wildman–Crippen LogP) is 4.82. The number of hydrogen-bond donors (Lipinski definition) is 1. The lowest BCUT2D eigenvalue weighted by Crippen LogP contribution is -2.15. The number of benzene rings is 3. The number of rotatable bonds is 3. The molecule has 3 rings (SSSR count). The molecule has 0 aliphatic carbocycles. The summed E-state index contributed by atoms with van der Waals surface area (Å²) in [6, 6.07) is 16.9. The lowest BCUT2D eigenvalue weighted by atomic mass is 10.1. The lowest BCUT2D eigenvalue weighted by Gasteiger charge is -2.11. The molecule has 0 aliphatic heterocycles. The summed E-state index contributed by atoms with van der Waals surface area (Å²) in [7, 11) is -4.17. The second-order valence-corrected chi connectivity index (χ2v) is 7.50. The minimum absolute atomic E-state index is 0.0850. The van der Waals surface area contributed by atoms with Crippen LogP contribution in [0, 0.1) is 23.5 Å². The second kappa shape index (κ2) is 7.78. The Bertz CT molecular complexity index is 1140. The molecule has 0 heterocycles.